The van der Waals surface area contributed by atoms with Gasteiger partial charge in [0.05, 0.1) is 0 Å². The summed E-state index contributed by atoms with van der Waals surface area (Å²) in [6.07, 6.45) is 0. The molecule has 141 heavy (non-hydrogen) atoms. The maximum absolute atomic E-state index is 12.7. The average Bonchev–Trinajstić information content (AvgIpc) is 1.25. The molecule has 1 N–H and O–H groups in total. The van der Waals surface area contributed by atoms with Crippen molar-refractivity contribution in [1.29, 1.82) is 0 Å². The Morgan fingerprint density at radius 2 is 0.383 bits per heavy atom. The summed E-state index contributed by atoms with van der Waals surface area (Å²) in [5, 5.41) is 9.58. The number of benzene rings is 18. The van der Waals surface area contributed by atoms with Crippen LogP contribution in [-0.2, 0) is 18.3 Å². The van der Waals surface area contributed by atoms with Crippen LogP contribution in [0, 0.1) is 0 Å². The third kappa shape index (κ3) is 22.1. The molecule has 0 fully saturated rings. The fourth-order valence-corrected chi connectivity index (χ4v) is 20.7. The molecule has 18 heteroatoms. The minimum Gasteiger partial charge on any atom is -0.355 e. The van der Waals surface area contributed by atoms with E-state index in [-0.39, 0.29) is 0 Å². The Morgan fingerprint density at radius 1 is 0.163 bits per heavy atom. The van der Waals surface area contributed by atoms with Crippen LogP contribution in [-0.4, -0.2) is 103 Å². The first-order valence-corrected chi connectivity index (χ1v) is 57.0. The van der Waals surface area contributed by atoms with Gasteiger partial charge in [0.25, 0.3) is 0 Å². The van der Waals surface area contributed by atoms with Crippen molar-refractivity contribution < 1.29 is 18.3 Å². The molecule has 0 bridgehead atoms. The second-order valence-electron chi connectivity index (χ2n) is 36.1. The van der Waals surface area contributed by atoms with Gasteiger partial charge in [-0.15, -0.1) is 0 Å². The number of nitrogens with zero attached hydrogens (tertiary/aromatic N) is 9. The van der Waals surface area contributed by atoms with Crippen molar-refractivity contribution in [2.24, 2.45) is 0 Å². The normalized spacial score (nSPS) is 11.5. The summed E-state index contributed by atoms with van der Waals surface area (Å²) in [5.74, 6) is 5.61. The molecule has 0 amide bonds. The number of fused-ring (bicyclic) bond motifs is 3. The zero-order chi connectivity index (χ0) is 97.2. The van der Waals surface area contributed by atoms with Crippen LogP contribution in [0.2, 0.25) is 0 Å². The second-order valence-corrected chi connectivity index (χ2v) is 49.0. The summed E-state index contributed by atoms with van der Waals surface area (Å²) in [6, 6.07) is 153. The number of aromatic nitrogens is 10. The van der Waals surface area contributed by atoms with Gasteiger partial charge in [0.1, 0.15) is 28.6 Å². The summed E-state index contributed by atoms with van der Waals surface area (Å²) in [4.78, 5) is 46.8. The predicted molar refractivity (Wildman–Crippen MR) is 591 cm³/mol. The highest BCUT2D eigenvalue weighted by Gasteiger charge is 2.24. The number of hydrogen-bond donors (Lipinski definition) is 1. The number of rotatable bonds is 19. The van der Waals surface area contributed by atoms with E-state index in [1.807, 2.05) is 305 Å². The largest absolute Gasteiger partial charge is 0.355 e. The Hall–Kier alpha value is -16.0. The Morgan fingerprint density at radius 3 is 0.738 bits per heavy atom. The van der Waals surface area contributed by atoms with Crippen molar-refractivity contribution in [3.8, 4) is 169 Å². The number of nitrogens with one attached hydrogen (secondary N) is 1. The van der Waals surface area contributed by atoms with E-state index < -0.39 is 28.6 Å². The minimum absolute atomic E-state index is 0.588. The molecule has 22 rings (SSSR count). The molecule has 18 aromatic carbocycles. The summed E-state index contributed by atoms with van der Waals surface area (Å²) in [7, 11) is -9.28. The Bertz CT molecular complexity index is 8270. The van der Waals surface area contributed by atoms with Gasteiger partial charge in [0.2, 0.25) is 0 Å². The molecule has 686 valence electrons. The van der Waals surface area contributed by atoms with Gasteiger partial charge in [-0.05, 0) is 172 Å². The SMILES string of the molecule is CP(C)(=O)c1ccc(-c2c3ccccc3c(-c3cccc(-c4cc5ccccc5[nH]4)c3)c3ccccc23)cc1.CP(C)(=O)c1ccc(-c2cccc(-c3nc(-c4ccccc4)nc(-c4ccccc4)n3)c2)cc1.CP(C)(=O)c1ccc(-c2nc(-c3ccccc3)nc(-c3ccc(-c4ccccc4)cc3)n2)cc1.CP(C)(=O)c1cccc(-c2cccc(-c3nc(-c4ccccc4)nc(-c4ccccc4)n3)c2)c1. The molecule has 0 aliphatic carbocycles. The molecule has 0 spiro atoms. The molecule has 0 aliphatic heterocycles. The highest BCUT2D eigenvalue weighted by atomic mass is 31.2. The second kappa shape index (κ2) is 41.3. The smallest absolute Gasteiger partial charge is 0.164 e. The van der Waals surface area contributed by atoms with Gasteiger partial charge in [-0.25, -0.2) is 44.9 Å². The van der Waals surface area contributed by atoms with E-state index in [0.29, 0.717) is 52.4 Å². The Balaban J connectivity index is 0.000000120. The molecule has 0 atom stereocenters. The van der Waals surface area contributed by atoms with Gasteiger partial charge in [0, 0.05) is 87.9 Å². The summed E-state index contributed by atoms with van der Waals surface area (Å²) in [6.45, 7) is 14.4. The lowest BCUT2D eigenvalue weighted by molar-refractivity contribution is 0.587. The van der Waals surface area contributed by atoms with Crippen LogP contribution in [0.5, 0.6) is 0 Å². The summed E-state index contributed by atoms with van der Waals surface area (Å²) in [5.41, 5.74) is 23.0. The van der Waals surface area contributed by atoms with Crippen LogP contribution < -0.4 is 21.2 Å². The van der Waals surface area contributed by atoms with E-state index in [0.717, 1.165) is 116 Å². The third-order valence-corrected chi connectivity index (χ3v) is 30.8. The van der Waals surface area contributed by atoms with Gasteiger partial charge in [-0.2, -0.15) is 0 Å². The Labute approximate surface area is 822 Å². The van der Waals surface area contributed by atoms with Gasteiger partial charge < -0.3 is 23.2 Å². The van der Waals surface area contributed by atoms with Gasteiger partial charge in [0.15, 0.2) is 52.4 Å². The highest BCUT2D eigenvalue weighted by molar-refractivity contribution is 7.71. The monoisotopic (exact) mass is 1900 g/mol. The number of hydrogen-bond acceptors (Lipinski definition) is 13. The average molecular weight is 1910 g/mol. The third-order valence-electron chi connectivity index (χ3n) is 24.6. The topological polar surface area (TPSA) is 200 Å². The predicted octanol–water partition coefficient (Wildman–Crippen LogP) is 30.1. The number of para-hydroxylation sites is 1. The van der Waals surface area contributed by atoms with Crippen LogP contribution in [0.1, 0.15) is 0 Å². The molecule has 0 saturated carbocycles. The van der Waals surface area contributed by atoms with E-state index in [1.54, 1.807) is 40.0 Å². The highest BCUT2D eigenvalue weighted by Crippen LogP contribution is 2.47. The van der Waals surface area contributed by atoms with Crippen molar-refractivity contribution >= 4 is 82.2 Å². The van der Waals surface area contributed by atoms with Crippen LogP contribution in [0.4, 0.5) is 0 Å². The van der Waals surface area contributed by atoms with Crippen LogP contribution in [0.3, 0.4) is 0 Å². The van der Waals surface area contributed by atoms with E-state index in [1.165, 1.54) is 54.7 Å². The zero-order valence-corrected chi connectivity index (χ0v) is 82.8. The maximum atomic E-state index is 12.7. The zero-order valence-electron chi connectivity index (χ0n) is 79.2. The molecule has 4 heterocycles. The Kier molecular flexibility index (Phi) is 27.5. The fraction of sp³-hybridized carbons (Fsp3) is 0.0650. The molecule has 22 aromatic rings. The van der Waals surface area contributed by atoms with Crippen molar-refractivity contribution in [3.63, 3.8) is 0 Å². The van der Waals surface area contributed by atoms with Gasteiger partial charge >= 0.3 is 0 Å². The molecular formula is C123H100N10O4P4. The van der Waals surface area contributed by atoms with Gasteiger partial charge in [-0.1, -0.05) is 419 Å². The molecule has 0 unspecified atom stereocenters. The standard InChI is InChI=1S/C36H28NOP.3C29H24N3OP/c1-39(2,38)28-20-18-24(19-21-28)35-29-13-4-6-15-31(29)36(32-16-7-5-14-30(32)35)27-12-9-11-25(22-27)34-23-26-10-3-8-17-33(26)37-34;1-34(2,33)26-18-10-16-24(20-26)23-15-9-17-25(19-23)29-31-27(21-11-5-3-6-12-21)30-28(32-29)22-13-7-4-8-14-22;1-34(2,33)26-18-16-21(17-19-26)24-14-9-15-25(20-24)29-31-27(22-10-5-3-6-11-22)30-28(32-29)23-12-7-4-8-13-23;1-34(2,33)26-19-17-25(18-20-26)29-31-27(23-11-7-4-8-12-23)30-28(32-29)24-15-13-22(14-16-24)21-9-5-3-6-10-21/h3-23,37H,1-2H3;3*3-20H,1-2H3. The van der Waals surface area contributed by atoms with Crippen LogP contribution in [0.25, 0.3) is 202 Å². The van der Waals surface area contributed by atoms with Gasteiger partial charge in [-0.3, -0.25) is 0 Å². The van der Waals surface area contributed by atoms with E-state index >= 15 is 0 Å². The first-order chi connectivity index (χ1) is 68.4. The van der Waals surface area contributed by atoms with Crippen molar-refractivity contribution in [2.45, 2.75) is 0 Å². The fourth-order valence-electron chi connectivity index (χ4n) is 17.2. The summed E-state index contributed by atoms with van der Waals surface area (Å²) >= 11 is 0. The van der Waals surface area contributed by atoms with Crippen LogP contribution in [0.15, 0.2) is 455 Å². The van der Waals surface area contributed by atoms with E-state index in [4.69, 9.17) is 44.9 Å². The quantitative estimate of drug-likeness (QED) is 0.0593. The first kappa shape index (κ1) is 94.0. The molecular weight excluding hydrogens is 1810 g/mol. The van der Waals surface area contributed by atoms with E-state index in [9.17, 15) is 18.3 Å². The van der Waals surface area contributed by atoms with Crippen molar-refractivity contribution in [3.05, 3.63) is 455 Å². The lowest BCUT2D eigenvalue weighted by atomic mass is 9.85. The molecule has 14 nitrogen and oxygen atoms in total. The van der Waals surface area contributed by atoms with Crippen molar-refractivity contribution in [2.75, 3.05) is 53.3 Å². The number of H-pyrrole nitrogens is 1. The van der Waals surface area contributed by atoms with Crippen LogP contribution >= 0.6 is 28.6 Å². The lowest BCUT2D eigenvalue weighted by Gasteiger charge is -2.18. The molecule has 0 radical (unpaired) electrons. The molecule has 0 aliphatic rings. The minimum atomic E-state index is -2.35. The summed E-state index contributed by atoms with van der Waals surface area (Å²) < 4.78 is 50.1. The first-order valence-electron chi connectivity index (χ1n) is 46.6. The molecule has 0 saturated heterocycles. The lowest BCUT2D eigenvalue weighted by Crippen LogP contribution is -2.03. The molecule has 4 aromatic heterocycles. The number of aromatic amines is 1. The van der Waals surface area contributed by atoms with E-state index in [2.05, 4.69) is 169 Å². The maximum Gasteiger partial charge on any atom is 0.164 e. The van der Waals surface area contributed by atoms with Crippen molar-refractivity contribution in [1.82, 2.24) is 49.8 Å².